The molecule has 1 amide bonds. The summed E-state index contributed by atoms with van der Waals surface area (Å²) in [5.41, 5.74) is 7.52. The van der Waals surface area contributed by atoms with Crippen LogP contribution in [0.15, 0.2) is 12.1 Å². The highest BCUT2D eigenvalue weighted by Gasteiger charge is 2.00. The monoisotopic (exact) mass is 148 g/mol. The van der Waals surface area contributed by atoms with Crippen molar-refractivity contribution in [2.45, 2.75) is 13.8 Å². The van der Waals surface area contributed by atoms with Crippen LogP contribution in [-0.4, -0.2) is 5.91 Å². The predicted octanol–water partition coefficient (Wildman–Crippen LogP) is 1.20. The molecule has 1 aromatic carbocycles. The zero-order valence-electron chi connectivity index (χ0n) is 6.64. The summed E-state index contributed by atoms with van der Waals surface area (Å²) in [6, 6.07) is 6.56. The molecular formula is C9H10NO. The van der Waals surface area contributed by atoms with E-state index in [9.17, 15) is 4.79 Å². The average molecular weight is 148 g/mol. The molecule has 0 aliphatic rings. The van der Waals surface area contributed by atoms with Gasteiger partial charge in [0.05, 0.1) is 0 Å². The van der Waals surface area contributed by atoms with Gasteiger partial charge in [-0.05, 0) is 31.5 Å². The van der Waals surface area contributed by atoms with Gasteiger partial charge in [-0.15, -0.1) is 0 Å². The number of aryl methyl sites for hydroxylation is 2. The molecule has 0 saturated heterocycles. The van der Waals surface area contributed by atoms with Crippen molar-refractivity contribution in [3.8, 4) is 0 Å². The number of benzene rings is 1. The first-order valence-corrected chi connectivity index (χ1v) is 3.40. The third kappa shape index (κ3) is 1.80. The van der Waals surface area contributed by atoms with Crippen LogP contribution in [0.2, 0.25) is 0 Å². The Kier molecular flexibility index (Phi) is 1.94. The Morgan fingerprint density at radius 2 is 2.09 bits per heavy atom. The van der Waals surface area contributed by atoms with Crippen molar-refractivity contribution in [3.63, 3.8) is 0 Å². The first-order chi connectivity index (χ1) is 5.09. The van der Waals surface area contributed by atoms with Gasteiger partial charge in [0.15, 0.2) is 0 Å². The van der Waals surface area contributed by atoms with Crippen molar-refractivity contribution >= 4 is 5.91 Å². The number of hydrogen-bond donors (Lipinski definition) is 1. The second-order valence-corrected chi connectivity index (χ2v) is 2.62. The van der Waals surface area contributed by atoms with E-state index in [0.29, 0.717) is 5.56 Å². The normalized spacial score (nSPS) is 9.64. The molecule has 2 nitrogen and oxygen atoms in total. The van der Waals surface area contributed by atoms with E-state index in [-0.39, 0.29) is 0 Å². The smallest absolute Gasteiger partial charge is 0.249 e. The summed E-state index contributed by atoms with van der Waals surface area (Å²) in [5, 5.41) is 0. The number of carbonyl (C=O) groups excluding carboxylic acids is 1. The summed E-state index contributed by atoms with van der Waals surface area (Å²) in [4.78, 5) is 10.7. The highest BCUT2D eigenvalue weighted by atomic mass is 16.1. The van der Waals surface area contributed by atoms with Gasteiger partial charge in [-0.25, -0.2) is 0 Å². The summed E-state index contributed by atoms with van der Waals surface area (Å²) < 4.78 is 0. The lowest BCUT2D eigenvalue weighted by atomic mass is 10.1. The minimum Gasteiger partial charge on any atom is -0.366 e. The predicted molar refractivity (Wildman–Crippen MR) is 43.3 cm³/mol. The third-order valence-corrected chi connectivity index (χ3v) is 1.41. The maximum atomic E-state index is 10.7. The average Bonchev–Trinajstić information content (AvgIpc) is 1.85. The molecule has 11 heavy (non-hydrogen) atoms. The van der Waals surface area contributed by atoms with Crippen LogP contribution >= 0.6 is 0 Å². The second kappa shape index (κ2) is 2.74. The quantitative estimate of drug-likeness (QED) is 0.639. The third-order valence-electron chi connectivity index (χ3n) is 1.41. The zero-order valence-corrected chi connectivity index (χ0v) is 6.64. The Morgan fingerprint density at radius 1 is 1.45 bits per heavy atom. The minimum atomic E-state index is -0.420. The van der Waals surface area contributed by atoms with E-state index in [1.54, 1.807) is 6.07 Å². The number of rotatable bonds is 1. The molecule has 57 valence electrons. The van der Waals surface area contributed by atoms with E-state index < -0.39 is 5.91 Å². The first kappa shape index (κ1) is 7.79. The Morgan fingerprint density at radius 3 is 2.55 bits per heavy atom. The van der Waals surface area contributed by atoms with Crippen LogP contribution in [0.3, 0.4) is 0 Å². The van der Waals surface area contributed by atoms with Crippen LogP contribution in [0.5, 0.6) is 0 Å². The molecule has 0 bridgehead atoms. The number of nitrogens with two attached hydrogens (primary N) is 1. The molecule has 1 aromatic rings. The SMILES string of the molecule is Cc1[c]c(C(N)=O)cc(C)c1. The van der Waals surface area contributed by atoms with Crippen molar-refractivity contribution in [1.29, 1.82) is 0 Å². The molecule has 0 saturated carbocycles. The largest absolute Gasteiger partial charge is 0.366 e. The first-order valence-electron chi connectivity index (χ1n) is 3.40. The fraction of sp³-hybridized carbons (Fsp3) is 0.222. The number of carbonyl (C=O) groups is 1. The van der Waals surface area contributed by atoms with Crippen molar-refractivity contribution in [2.75, 3.05) is 0 Å². The molecule has 0 atom stereocenters. The fourth-order valence-corrected chi connectivity index (χ4v) is 1.03. The number of amides is 1. The lowest BCUT2D eigenvalue weighted by molar-refractivity contribution is 0.1000. The molecule has 0 aromatic heterocycles. The lowest BCUT2D eigenvalue weighted by Gasteiger charge is -1.98. The van der Waals surface area contributed by atoms with Crippen LogP contribution in [0.25, 0.3) is 0 Å². The van der Waals surface area contributed by atoms with Gasteiger partial charge in [-0.1, -0.05) is 11.6 Å². The van der Waals surface area contributed by atoms with Crippen LogP contribution in [0.4, 0.5) is 0 Å². The lowest BCUT2D eigenvalue weighted by Crippen LogP contribution is -2.11. The maximum Gasteiger partial charge on any atom is 0.249 e. The molecule has 0 spiro atoms. The summed E-state index contributed by atoms with van der Waals surface area (Å²) >= 11 is 0. The molecule has 0 unspecified atom stereocenters. The van der Waals surface area contributed by atoms with Gasteiger partial charge < -0.3 is 5.73 Å². The van der Waals surface area contributed by atoms with E-state index >= 15 is 0 Å². The van der Waals surface area contributed by atoms with E-state index in [1.807, 2.05) is 19.9 Å². The highest BCUT2D eigenvalue weighted by molar-refractivity contribution is 5.92. The summed E-state index contributed by atoms with van der Waals surface area (Å²) in [5.74, 6) is -0.420. The van der Waals surface area contributed by atoms with E-state index in [0.717, 1.165) is 11.1 Å². The van der Waals surface area contributed by atoms with E-state index in [2.05, 4.69) is 6.07 Å². The molecule has 0 aliphatic heterocycles. The topological polar surface area (TPSA) is 43.1 Å². The molecule has 2 heteroatoms. The molecule has 1 rings (SSSR count). The molecular weight excluding hydrogens is 138 g/mol. The van der Waals surface area contributed by atoms with Crippen molar-refractivity contribution < 1.29 is 4.79 Å². The number of primary amides is 1. The molecule has 0 heterocycles. The second-order valence-electron chi connectivity index (χ2n) is 2.62. The van der Waals surface area contributed by atoms with Gasteiger partial charge in [-0.2, -0.15) is 0 Å². The Balaban J connectivity index is 3.19. The standard InChI is InChI=1S/C9H10NO/c1-6-3-7(2)5-8(4-6)9(10)11/h3-4H,1-2H3,(H2,10,11). The molecule has 0 fully saturated rings. The molecule has 1 radical (unpaired) electrons. The fourth-order valence-electron chi connectivity index (χ4n) is 1.03. The van der Waals surface area contributed by atoms with Crippen molar-refractivity contribution in [3.05, 3.63) is 34.9 Å². The van der Waals surface area contributed by atoms with Crippen LogP contribution in [0, 0.1) is 19.9 Å². The Bertz CT molecular complexity index is 271. The molecule has 2 N–H and O–H groups in total. The summed E-state index contributed by atoms with van der Waals surface area (Å²) in [7, 11) is 0. The van der Waals surface area contributed by atoms with Crippen molar-refractivity contribution in [2.24, 2.45) is 5.73 Å². The van der Waals surface area contributed by atoms with E-state index in [4.69, 9.17) is 5.73 Å². The van der Waals surface area contributed by atoms with E-state index in [1.165, 1.54) is 0 Å². The van der Waals surface area contributed by atoms with Crippen LogP contribution in [-0.2, 0) is 0 Å². The van der Waals surface area contributed by atoms with Crippen LogP contribution in [0.1, 0.15) is 21.5 Å². The Hall–Kier alpha value is -1.31. The van der Waals surface area contributed by atoms with Gasteiger partial charge >= 0.3 is 0 Å². The van der Waals surface area contributed by atoms with Gasteiger partial charge in [0.25, 0.3) is 0 Å². The molecule has 0 aliphatic carbocycles. The van der Waals surface area contributed by atoms with Gasteiger partial charge in [0.1, 0.15) is 0 Å². The maximum absolute atomic E-state index is 10.7. The highest BCUT2D eigenvalue weighted by Crippen LogP contribution is 2.06. The van der Waals surface area contributed by atoms with Gasteiger partial charge in [0.2, 0.25) is 5.91 Å². The Labute approximate surface area is 66.0 Å². The van der Waals surface area contributed by atoms with Gasteiger partial charge in [0, 0.05) is 5.56 Å². The minimum absolute atomic E-state index is 0.420. The number of hydrogen-bond acceptors (Lipinski definition) is 1. The van der Waals surface area contributed by atoms with Gasteiger partial charge in [-0.3, -0.25) is 4.79 Å². The summed E-state index contributed by atoms with van der Waals surface area (Å²) in [6.45, 7) is 3.81. The summed E-state index contributed by atoms with van der Waals surface area (Å²) in [6.07, 6.45) is 0. The van der Waals surface area contributed by atoms with Crippen molar-refractivity contribution in [1.82, 2.24) is 0 Å². The van der Waals surface area contributed by atoms with Crippen LogP contribution < -0.4 is 5.73 Å². The zero-order chi connectivity index (χ0) is 8.43.